The van der Waals surface area contributed by atoms with E-state index in [1.807, 2.05) is 55.5 Å². The fraction of sp³-hybridized carbons (Fsp3) is 0.308. The molecule has 0 fully saturated rings. The van der Waals surface area contributed by atoms with Crippen LogP contribution in [0, 0.1) is 6.92 Å². The van der Waals surface area contributed by atoms with Gasteiger partial charge in [0.25, 0.3) is 0 Å². The second-order valence-electron chi connectivity index (χ2n) is 7.85. The summed E-state index contributed by atoms with van der Waals surface area (Å²) in [5, 5.41) is 0. The predicted octanol–water partition coefficient (Wildman–Crippen LogP) is 6.68. The highest BCUT2D eigenvalue weighted by atomic mass is 16.5. The fourth-order valence-electron chi connectivity index (χ4n) is 3.22. The van der Waals surface area contributed by atoms with E-state index in [0.717, 1.165) is 28.4 Å². The van der Waals surface area contributed by atoms with Crippen molar-refractivity contribution in [2.24, 2.45) is 0 Å². The van der Waals surface area contributed by atoms with Crippen LogP contribution < -0.4 is 9.47 Å². The van der Waals surface area contributed by atoms with E-state index in [1.165, 1.54) is 5.56 Å². The summed E-state index contributed by atoms with van der Waals surface area (Å²) in [4.78, 5) is 0. The van der Waals surface area contributed by atoms with Gasteiger partial charge in [0.15, 0.2) is 0 Å². The zero-order chi connectivity index (χ0) is 20.7. The van der Waals surface area contributed by atoms with Crippen molar-refractivity contribution in [1.82, 2.24) is 0 Å². The highest BCUT2D eigenvalue weighted by molar-refractivity contribution is 5.39. The lowest BCUT2D eigenvalue weighted by atomic mass is 9.84. The summed E-state index contributed by atoms with van der Waals surface area (Å²) in [7, 11) is 0. The third kappa shape index (κ3) is 5.85. The molecule has 0 radical (unpaired) electrons. The lowest BCUT2D eigenvalue weighted by Gasteiger charge is -2.26. The zero-order valence-electron chi connectivity index (χ0n) is 17.8. The Labute approximate surface area is 174 Å². The first kappa shape index (κ1) is 20.9. The van der Waals surface area contributed by atoms with Crippen LogP contribution in [0.25, 0.3) is 0 Å². The molecule has 3 aromatic carbocycles. The molecule has 0 saturated heterocycles. The first-order chi connectivity index (χ1) is 14.0. The molecule has 0 bridgehead atoms. The van der Waals surface area contributed by atoms with Crippen molar-refractivity contribution in [2.45, 2.75) is 39.7 Å². The van der Waals surface area contributed by atoms with Gasteiger partial charge in [-0.15, -0.1) is 0 Å². The van der Waals surface area contributed by atoms with Gasteiger partial charge in [0, 0.05) is 5.41 Å². The second kappa shape index (κ2) is 9.62. The lowest BCUT2D eigenvalue weighted by Crippen LogP contribution is -2.24. The van der Waals surface area contributed by atoms with E-state index in [9.17, 15) is 0 Å². The molecular formula is C26H30O3. The molecule has 0 aliphatic heterocycles. The van der Waals surface area contributed by atoms with Crippen molar-refractivity contribution < 1.29 is 14.2 Å². The van der Waals surface area contributed by atoms with E-state index >= 15 is 0 Å². The number of rotatable bonds is 9. The second-order valence-corrected chi connectivity index (χ2v) is 7.85. The number of hydrogen-bond donors (Lipinski definition) is 0. The van der Waals surface area contributed by atoms with Gasteiger partial charge in [-0.2, -0.15) is 0 Å². The van der Waals surface area contributed by atoms with Gasteiger partial charge in [-0.1, -0.05) is 56.3 Å². The summed E-state index contributed by atoms with van der Waals surface area (Å²) in [6.07, 6.45) is 0. The van der Waals surface area contributed by atoms with Crippen molar-refractivity contribution in [3.05, 3.63) is 89.5 Å². The van der Waals surface area contributed by atoms with Gasteiger partial charge in [-0.25, -0.2) is 0 Å². The molecule has 3 nitrogen and oxygen atoms in total. The number of para-hydroxylation sites is 1. The molecule has 152 valence electrons. The molecule has 0 unspecified atom stereocenters. The Kier molecular flexibility index (Phi) is 6.95. The maximum Gasteiger partial charge on any atom is 0.127 e. The Balaban J connectivity index is 1.59. The van der Waals surface area contributed by atoms with E-state index < -0.39 is 0 Å². The molecule has 3 rings (SSSR count). The first-order valence-electron chi connectivity index (χ1n) is 10.1. The highest BCUT2D eigenvalue weighted by Gasteiger charge is 2.22. The van der Waals surface area contributed by atoms with Gasteiger partial charge in [0.2, 0.25) is 0 Å². The minimum absolute atomic E-state index is 0.0896. The van der Waals surface area contributed by atoms with Gasteiger partial charge in [0.1, 0.15) is 17.2 Å². The Bertz CT molecular complexity index is 916. The number of benzene rings is 3. The molecular weight excluding hydrogens is 360 g/mol. The van der Waals surface area contributed by atoms with Crippen LogP contribution >= 0.6 is 0 Å². The fourth-order valence-corrected chi connectivity index (χ4v) is 3.22. The van der Waals surface area contributed by atoms with Crippen LogP contribution in [0.4, 0.5) is 0 Å². The van der Waals surface area contributed by atoms with Crippen LogP contribution in [-0.2, 0) is 16.8 Å². The third-order valence-electron chi connectivity index (χ3n) is 4.87. The molecule has 0 atom stereocenters. The van der Waals surface area contributed by atoms with Crippen molar-refractivity contribution >= 4 is 0 Å². The molecule has 0 N–H and O–H groups in total. The molecule has 0 amide bonds. The van der Waals surface area contributed by atoms with Gasteiger partial charge >= 0.3 is 0 Å². The maximum absolute atomic E-state index is 6.07. The standard InChI is InChI=1S/C26H30O3/c1-5-28-25-15-14-22(16-20(25)2)26(3,4)19-27-18-21-10-9-13-24(17-21)29-23-11-7-6-8-12-23/h6-17H,5,18-19H2,1-4H3. The summed E-state index contributed by atoms with van der Waals surface area (Å²) < 4.78 is 17.6. The van der Waals surface area contributed by atoms with E-state index in [1.54, 1.807) is 0 Å². The molecule has 3 aromatic rings. The average molecular weight is 391 g/mol. The van der Waals surface area contributed by atoms with Gasteiger partial charge in [-0.3, -0.25) is 0 Å². The monoisotopic (exact) mass is 390 g/mol. The molecule has 0 aromatic heterocycles. The molecule has 0 heterocycles. The van der Waals surface area contributed by atoms with Crippen LogP contribution in [0.2, 0.25) is 0 Å². The predicted molar refractivity (Wildman–Crippen MR) is 118 cm³/mol. The van der Waals surface area contributed by atoms with Crippen LogP contribution in [0.3, 0.4) is 0 Å². The van der Waals surface area contributed by atoms with Crippen LogP contribution in [0.1, 0.15) is 37.5 Å². The quantitative estimate of drug-likeness (QED) is 0.408. The van der Waals surface area contributed by atoms with Crippen molar-refractivity contribution in [3.63, 3.8) is 0 Å². The summed E-state index contributed by atoms with van der Waals surface area (Å²) in [5.41, 5.74) is 3.41. The number of ether oxygens (including phenoxy) is 3. The van der Waals surface area contributed by atoms with Crippen LogP contribution in [0.15, 0.2) is 72.8 Å². The number of aryl methyl sites for hydroxylation is 1. The summed E-state index contributed by atoms with van der Waals surface area (Å²) in [6, 6.07) is 24.2. The van der Waals surface area contributed by atoms with Gasteiger partial charge in [-0.05, 0) is 60.9 Å². The Morgan fingerprint density at radius 1 is 0.828 bits per heavy atom. The molecule has 0 saturated carbocycles. The van der Waals surface area contributed by atoms with E-state index in [4.69, 9.17) is 14.2 Å². The van der Waals surface area contributed by atoms with Crippen molar-refractivity contribution in [2.75, 3.05) is 13.2 Å². The van der Waals surface area contributed by atoms with Crippen molar-refractivity contribution in [3.8, 4) is 17.2 Å². The minimum atomic E-state index is -0.0896. The van der Waals surface area contributed by atoms with Crippen molar-refractivity contribution in [1.29, 1.82) is 0 Å². The van der Waals surface area contributed by atoms with Crippen LogP contribution in [0.5, 0.6) is 17.2 Å². The summed E-state index contributed by atoms with van der Waals surface area (Å²) >= 11 is 0. The highest BCUT2D eigenvalue weighted by Crippen LogP contribution is 2.29. The van der Waals surface area contributed by atoms with Crippen LogP contribution in [-0.4, -0.2) is 13.2 Å². The van der Waals surface area contributed by atoms with E-state index in [2.05, 4.69) is 45.0 Å². The largest absolute Gasteiger partial charge is 0.494 e. The number of hydrogen-bond acceptors (Lipinski definition) is 3. The van der Waals surface area contributed by atoms with E-state index in [-0.39, 0.29) is 5.41 Å². The van der Waals surface area contributed by atoms with E-state index in [0.29, 0.717) is 19.8 Å². The zero-order valence-corrected chi connectivity index (χ0v) is 17.8. The third-order valence-corrected chi connectivity index (χ3v) is 4.87. The molecule has 0 aliphatic rings. The molecule has 29 heavy (non-hydrogen) atoms. The topological polar surface area (TPSA) is 27.7 Å². The lowest BCUT2D eigenvalue weighted by molar-refractivity contribution is 0.0823. The Hall–Kier alpha value is -2.78. The summed E-state index contributed by atoms with van der Waals surface area (Å²) in [5.74, 6) is 2.60. The first-order valence-corrected chi connectivity index (χ1v) is 10.1. The smallest absolute Gasteiger partial charge is 0.127 e. The van der Waals surface area contributed by atoms with Gasteiger partial charge < -0.3 is 14.2 Å². The van der Waals surface area contributed by atoms with Gasteiger partial charge in [0.05, 0.1) is 19.8 Å². The Morgan fingerprint density at radius 2 is 1.59 bits per heavy atom. The molecule has 3 heteroatoms. The average Bonchev–Trinajstić information content (AvgIpc) is 2.70. The minimum Gasteiger partial charge on any atom is -0.494 e. The maximum atomic E-state index is 6.07. The SMILES string of the molecule is CCOc1ccc(C(C)(C)COCc2cccc(Oc3ccccc3)c2)cc1C. The molecule has 0 aliphatic carbocycles. The normalized spacial score (nSPS) is 11.3. The summed E-state index contributed by atoms with van der Waals surface area (Å²) in [6.45, 7) is 10.4. The Morgan fingerprint density at radius 3 is 2.31 bits per heavy atom. The molecule has 0 spiro atoms.